The van der Waals surface area contributed by atoms with Gasteiger partial charge in [-0.3, -0.25) is 9.59 Å². The first-order chi connectivity index (χ1) is 12.3. The van der Waals surface area contributed by atoms with Crippen LogP contribution in [0.15, 0.2) is 23.3 Å². The zero-order valence-corrected chi connectivity index (χ0v) is 17.1. The number of carbonyl (C=O) groups is 2. The van der Waals surface area contributed by atoms with E-state index >= 15 is 0 Å². The molecular weight excluding hydrogens is 326 g/mol. The molecule has 0 bridgehead atoms. The van der Waals surface area contributed by atoms with Crippen LogP contribution in [0.5, 0.6) is 0 Å². The first-order valence-corrected chi connectivity index (χ1v) is 10.1. The minimum absolute atomic E-state index is 0.0144. The molecule has 2 rings (SSSR count). The summed E-state index contributed by atoms with van der Waals surface area (Å²) < 4.78 is 5.91. The fourth-order valence-electron chi connectivity index (χ4n) is 3.90. The molecule has 1 amide bonds. The maximum Gasteiger partial charge on any atom is 0.223 e. The van der Waals surface area contributed by atoms with Crippen molar-refractivity contribution in [2.45, 2.75) is 84.8 Å². The van der Waals surface area contributed by atoms with E-state index in [1.807, 2.05) is 20.8 Å². The van der Waals surface area contributed by atoms with E-state index < -0.39 is 0 Å². The summed E-state index contributed by atoms with van der Waals surface area (Å²) in [7, 11) is 0. The van der Waals surface area contributed by atoms with Gasteiger partial charge in [0.25, 0.3) is 0 Å². The van der Waals surface area contributed by atoms with Crippen LogP contribution in [-0.4, -0.2) is 29.9 Å². The van der Waals surface area contributed by atoms with Gasteiger partial charge in [-0.2, -0.15) is 0 Å². The molecule has 1 fully saturated rings. The molecule has 0 aromatic rings. The van der Waals surface area contributed by atoms with Crippen molar-refractivity contribution in [2.75, 3.05) is 6.54 Å². The third kappa shape index (κ3) is 5.54. The van der Waals surface area contributed by atoms with Crippen molar-refractivity contribution in [2.24, 2.45) is 11.8 Å². The Labute approximate surface area is 158 Å². The van der Waals surface area contributed by atoms with Gasteiger partial charge in [-0.15, -0.1) is 0 Å². The third-order valence-corrected chi connectivity index (χ3v) is 5.94. The van der Waals surface area contributed by atoms with Crippen molar-refractivity contribution < 1.29 is 14.3 Å². The van der Waals surface area contributed by atoms with Crippen LogP contribution in [0, 0.1) is 11.8 Å². The number of amides is 1. The second kappa shape index (κ2) is 8.98. The van der Waals surface area contributed by atoms with Gasteiger partial charge in [0.1, 0.15) is 0 Å². The fourth-order valence-corrected chi connectivity index (χ4v) is 3.90. The predicted octanol–water partition coefficient (Wildman–Crippen LogP) is 4.35. The Hall–Kier alpha value is -1.42. The minimum atomic E-state index is -0.303. The van der Waals surface area contributed by atoms with E-state index in [9.17, 15) is 9.59 Å². The van der Waals surface area contributed by atoms with Crippen molar-refractivity contribution in [1.29, 1.82) is 0 Å². The van der Waals surface area contributed by atoms with Crippen LogP contribution >= 0.6 is 0 Å². The highest BCUT2D eigenvalue weighted by Gasteiger charge is 2.50. The summed E-state index contributed by atoms with van der Waals surface area (Å²) in [5.74, 6) is -0.500. The molecule has 4 heteroatoms. The molecule has 0 unspecified atom stereocenters. The van der Waals surface area contributed by atoms with E-state index in [-0.39, 0.29) is 29.1 Å². The summed E-state index contributed by atoms with van der Waals surface area (Å²) in [4.78, 5) is 25.2. The molecule has 146 valence electrons. The number of fused-ring (bicyclic) bond motifs is 1. The van der Waals surface area contributed by atoms with E-state index in [4.69, 9.17) is 4.74 Å². The largest absolute Gasteiger partial charge is 0.366 e. The monoisotopic (exact) mass is 361 g/mol. The normalized spacial score (nSPS) is 35.8. The number of carbonyl (C=O) groups excluding carboxylic acids is 2. The Kier molecular flexibility index (Phi) is 7.22. The molecule has 2 aliphatic rings. The van der Waals surface area contributed by atoms with Crippen molar-refractivity contribution >= 4 is 11.7 Å². The average molecular weight is 362 g/mol. The lowest BCUT2D eigenvalue weighted by molar-refractivity contribution is -0.131. The summed E-state index contributed by atoms with van der Waals surface area (Å²) in [6, 6.07) is 0. The van der Waals surface area contributed by atoms with Gasteiger partial charge in [0.15, 0.2) is 5.78 Å². The first-order valence-electron chi connectivity index (χ1n) is 10.1. The molecule has 0 aromatic carbocycles. The minimum Gasteiger partial charge on any atom is -0.366 e. The number of hydrogen-bond acceptors (Lipinski definition) is 3. The second-order valence-electron chi connectivity index (χ2n) is 8.27. The van der Waals surface area contributed by atoms with E-state index in [0.717, 1.165) is 44.1 Å². The number of allylic oxidation sites excluding steroid dienone is 4. The van der Waals surface area contributed by atoms with Crippen LogP contribution in [0.4, 0.5) is 0 Å². The standard InChI is InChI=1S/C22H35NO3/c1-6-23-21(25)17(4)18-11-9-15(2)8-7-13-22(5)20(26-22)12-10-16(3)14-19(18)24/h8,14,17-18,20H,6-7,9-13H2,1-5H3,(H,23,25)/b15-8+,16-14+/t17-,18+,20-,22+/m0/s1. The van der Waals surface area contributed by atoms with Gasteiger partial charge in [-0.25, -0.2) is 0 Å². The molecule has 4 atom stereocenters. The Morgan fingerprint density at radius 1 is 1.31 bits per heavy atom. The Balaban J connectivity index is 2.16. The third-order valence-electron chi connectivity index (χ3n) is 5.94. The summed E-state index contributed by atoms with van der Waals surface area (Å²) in [6.07, 6.45) is 9.83. The van der Waals surface area contributed by atoms with Crippen LogP contribution in [0.2, 0.25) is 0 Å². The lowest BCUT2D eigenvalue weighted by Gasteiger charge is -2.22. The zero-order chi connectivity index (χ0) is 19.3. The summed E-state index contributed by atoms with van der Waals surface area (Å²) in [6.45, 7) is 10.7. The fraction of sp³-hybridized carbons (Fsp3) is 0.727. The summed E-state index contributed by atoms with van der Waals surface area (Å²) in [5.41, 5.74) is 2.40. The van der Waals surface area contributed by atoms with Crippen LogP contribution < -0.4 is 5.32 Å². The van der Waals surface area contributed by atoms with E-state index in [1.54, 1.807) is 6.08 Å². The summed E-state index contributed by atoms with van der Waals surface area (Å²) >= 11 is 0. The molecule has 0 aromatic heterocycles. The molecule has 26 heavy (non-hydrogen) atoms. The van der Waals surface area contributed by atoms with E-state index in [1.165, 1.54) is 5.57 Å². The highest BCUT2D eigenvalue weighted by atomic mass is 16.6. The number of nitrogens with one attached hydrogen (secondary N) is 1. The topological polar surface area (TPSA) is 58.7 Å². The second-order valence-corrected chi connectivity index (χ2v) is 8.27. The smallest absolute Gasteiger partial charge is 0.223 e. The van der Waals surface area contributed by atoms with Crippen molar-refractivity contribution in [3.05, 3.63) is 23.3 Å². The molecule has 1 heterocycles. The number of rotatable bonds is 3. The molecular formula is C22H35NO3. The Morgan fingerprint density at radius 3 is 2.69 bits per heavy atom. The highest BCUT2D eigenvalue weighted by Crippen LogP contribution is 2.43. The van der Waals surface area contributed by atoms with Crippen LogP contribution in [0.3, 0.4) is 0 Å². The molecule has 0 spiro atoms. The van der Waals surface area contributed by atoms with E-state index in [2.05, 4.69) is 25.2 Å². The van der Waals surface area contributed by atoms with Crippen LogP contribution in [-0.2, 0) is 14.3 Å². The highest BCUT2D eigenvalue weighted by molar-refractivity contribution is 5.96. The molecule has 1 aliphatic heterocycles. The maximum atomic E-state index is 12.9. The maximum absolute atomic E-state index is 12.9. The SMILES string of the molecule is CCNC(=O)[C@@H](C)[C@H]1CC/C(C)=C/CC[C@@]2(C)O[C@H]2CC/C(C)=C/C1=O. The Morgan fingerprint density at radius 2 is 2.00 bits per heavy atom. The van der Waals surface area contributed by atoms with Gasteiger partial charge < -0.3 is 10.1 Å². The number of ketones is 1. The zero-order valence-electron chi connectivity index (χ0n) is 17.1. The van der Waals surface area contributed by atoms with Crippen molar-refractivity contribution in [1.82, 2.24) is 5.32 Å². The molecule has 1 aliphatic carbocycles. The van der Waals surface area contributed by atoms with Crippen molar-refractivity contribution in [3.63, 3.8) is 0 Å². The van der Waals surface area contributed by atoms with Crippen LogP contribution in [0.1, 0.15) is 73.1 Å². The number of ether oxygens (including phenoxy) is 1. The molecule has 1 saturated heterocycles. The average Bonchev–Trinajstić information content (AvgIpc) is 3.22. The molecule has 0 saturated carbocycles. The van der Waals surface area contributed by atoms with Gasteiger partial charge >= 0.3 is 0 Å². The molecule has 1 N–H and O–H groups in total. The van der Waals surface area contributed by atoms with Crippen LogP contribution in [0.25, 0.3) is 0 Å². The van der Waals surface area contributed by atoms with Gasteiger partial charge in [0.05, 0.1) is 11.7 Å². The first kappa shape index (κ1) is 20.9. The van der Waals surface area contributed by atoms with Crippen molar-refractivity contribution in [3.8, 4) is 0 Å². The lowest BCUT2D eigenvalue weighted by Crippen LogP contribution is -2.36. The molecule has 4 nitrogen and oxygen atoms in total. The lowest BCUT2D eigenvalue weighted by atomic mass is 9.83. The Bertz CT molecular complexity index is 592. The van der Waals surface area contributed by atoms with E-state index in [0.29, 0.717) is 12.6 Å². The number of hydrogen-bond donors (Lipinski definition) is 1. The van der Waals surface area contributed by atoms with Gasteiger partial charge in [-0.05, 0) is 72.3 Å². The molecule has 0 radical (unpaired) electrons. The van der Waals surface area contributed by atoms with Gasteiger partial charge in [-0.1, -0.05) is 24.1 Å². The quantitative estimate of drug-likeness (QED) is 0.600. The van der Waals surface area contributed by atoms with Gasteiger partial charge in [0.2, 0.25) is 5.91 Å². The predicted molar refractivity (Wildman–Crippen MR) is 105 cm³/mol. The summed E-state index contributed by atoms with van der Waals surface area (Å²) in [5, 5.41) is 2.86. The number of epoxide rings is 1. The van der Waals surface area contributed by atoms with Gasteiger partial charge in [0, 0.05) is 18.4 Å².